The molecule has 3 nitrogen and oxygen atoms in total. The van der Waals surface area contributed by atoms with E-state index in [0.717, 1.165) is 11.1 Å². The summed E-state index contributed by atoms with van der Waals surface area (Å²) < 4.78 is 25.1. The van der Waals surface area contributed by atoms with Crippen molar-refractivity contribution in [2.75, 3.05) is 7.05 Å². The molecule has 0 heterocycles. The van der Waals surface area contributed by atoms with Crippen LogP contribution in [0.4, 0.5) is 0 Å². The van der Waals surface area contributed by atoms with Crippen LogP contribution in [0.15, 0.2) is 23.1 Å². The fourth-order valence-corrected chi connectivity index (χ4v) is 2.16. The highest BCUT2D eigenvalue weighted by atomic mass is 32.2. The summed E-state index contributed by atoms with van der Waals surface area (Å²) in [6.07, 6.45) is 0. The van der Waals surface area contributed by atoms with Crippen molar-refractivity contribution < 1.29 is 8.42 Å². The molecule has 1 rings (SSSR count). The van der Waals surface area contributed by atoms with Gasteiger partial charge in [0.05, 0.1) is 4.90 Å². The minimum atomic E-state index is -3.30. The number of hydrogen-bond donors (Lipinski definition) is 1. The van der Waals surface area contributed by atoms with E-state index < -0.39 is 10.0 Å². The summed E-state index contributed by atoms with van der Waals surface area (Å²) in [6, 6.07) is 5.26. The molecule has 0 radical (unpaired) electrons. The highest BCUT2D eigenvalue weighted by Gasteiger charge is 2.13. The molecule has 1 aromatic rings. The lowest BCUT2D eigenvalue weighted by Gasteiger charge is -2.06. The lowest BCUT2D eigenvalue weighted by atomic mass is 10.2. The molecule has 1 aromatic carbocycles. The molecule has 13 heavy (non-hydrogen) atoms. The summed E-state index contributed by atoms with van der Waals surface area (Å²) in [7, 11) is -1.88. The summed E-state index contributed by atoms with van der Waals surface area (Å²) in [6.45, 7) is 3.72. The average molecular weight is 199 g/mol. The topological polar surface area (TPSA) is 46.2 Å². The van der Waals surface area contributed by atoms with Gasteiger partial charge in [-0.25, -0.2) is 13.1 Å². The Morgan fingerprint density at radius 2 is 1.85 bits per heavy atom. The molecule has 0 fully saturated rings. The predicted octanol–water partition coefficient (Wildman–Crippen LogP) is 1.21. The number of hydrogen-bond acceptors (Lipinski definition) is 2. The van der Waals surface area contributed by atoms with Crippen LogP contribution in [0.5, 0.6) is 0 Å². The summed E-state index contributed by atoms with van der Waals surface area (Å²) >= 11 is 0. The van der Waals surface area contributed by atoms with Crippen LogP contribution in [0, 0.1) is 13.8 Å². The van der Waals surface area contributed by atoms with Crippen molar-refractivity contribution in [2.45, 2.75) is 18.7 Å². The van der Waals surface area contributed by atoms with Gasteiger partial charge in [-0.05, 0) is 32.5 Å². The predicted molar refractivity (Wildman–Crippen MR) is 52.2 cm³/mol. The monoisotopic (exact) mass is 199 g/mol. The second-order valence-electron chi connectivity index (χ2n) is 2.98. The van der Waals surface area contributed by atoms with E-state index in [4.69, 9.17) is 0 Å². The normalized spacial score (nSPS) is 11.6. The molecule has 0 saturated heterocycles. The van der Waals surface area contributed by atoms with Crippen molar-refractivity contribution in [3.8, 4) is 0 Å². The molecule has 0 saturated carbocycles. The van der Waals surface area contributed by atoms with Gasteiger partial charge < -0.3 is 0 Å². The van der Waals surface area contributed by atoms with E-state index >= 15 is 0 Å². The van der Waals surface area contributed by atoms with Gasteiger partial charge in [0.1, 0.15) is 0 Å². The Morgan fingerprint density at radius 3 is 2.31 bits per heavy atom. The Balaban J connectivity index is 3.33. The average Bonchev–Trinajstić information content (AvgIpc) is 2.03. The highest BCUT2D eigenvalue weighted by molar-refractivity contribution is 7.89. The lowest BCUT2D eigenvalue weighted by molar-refractivity contribution is 0.587. The summed E-state index contributed by atoms with van der Waals surface area (Å²) in [4.78, 5) is 0.348. The Hall–Kier alpha value is -0.870. The minimum absolute atomic E-state index is 0.348. The van der Waals surface area contributed by atoms with Gasteiger partial charge in [0.25, 0.3) is 0 Å². The SMILES string of the molecule is CNS(=O)(=O)c1ccc(C)cc1C. The molecule has 0 amide bonds. The standard InChI is InChI=1S/C9H13NO2S/c1-7-4-5-9(8(2)6-7)13(11,12)10-3/h4-6,10H,1-3H3. The Bertz CT molecular complexity index is 410. The number of rotatable bonds is 2. The molecule has 0 atom stereocenters. The molecule has 4 heteroatoms. The van der Waals surface area contributed by atoms with Crippen molar-refractivity contribution in [1.29, 1.82) is 0 Å². The third-order valence-electron chi connectivity index (χ3n) is 1.89. The van der Waals surface area contributed by atoms with Gasteiger partial charge in [-0.1, -0.05) is 17.7 Å². The maximum atomic E-state index is 11.4. The molecule has 0 bridgehead atoms. The zero-order valence-electron chi connectivity index (χ0n) is 7.96. The van der Waals surface area contributed by atoms with Crippen LogP contribution >= 0.6 is 0 Å². The maximum Gasteiger partial charge on any atom is 0.240 e. The molecule has 0 spiro atoms. The number of benzene rings is 1. The van der Waals surface area contributed by atoms with Gasteiger partial charge >= 0.3 is 0 Å². The van der Waals surface area contributed by atoms with E-state index in [9.17, 15) is 8.42 Å². The van der Waals surface area contributed by atoms with E-state index in [1.54, 1.807) is 19.1 Å². The van der Waals surface area contributed by atoms with Gasteiger partial charge in [-0.3, -0.25) is 0 Å². The molecule has 0 unspecified atom stereocenters. The Labute approximate surface area is 78.8 Å². The van der Waals surface area contributed by atoms with E-state index in [1.807, 2.05) is 13.0 Å². The van der Waals surface area contributed by atoms with E-state index in [-0.39, 0.29) is 0 Å². The highest BCUT2D eigenvalue weighted by Crippen LogP contribution is 2.15. The molecule has 0 aliphatic heterocycles. The fourth-order valence-electron chi connectivity index (χ4n) is 1.21. The lowest BCUT2D eigenvalue weighted by Crippen LogP contribution is -2.19. The second kappa shape index (κ2) is 3.47. The Kier molecular flexibility index (Phi) is 2.73. The van der Waals surface area contributed by atoms with Gasteiger partial charge in [-0.2, -0.15) is 0 Å². The first-order valence-corrected chi connectivity index (χ1v) is 5.46. The largest absolute Gasteiger partial charge is 0.240 e. The van der Waals surface area contributed by atoms with E-state index in [1.165, 1.54) is 7.05 Å². The van der Waals surface area contributed by atoms with Gasteiger partial charge in [0, 0.05) is 0 Å². The van der Waals surface area contributed by atoms with Crippen LogP contribution in [0.3, 0.4) is 0 Å². The number of nitrogens with one attached hydrogen (secondary N) is 1. The third kappa shape index (κ3) is 2.08. The third-order valence-corrected chi connectivity index (χ3v) is 3.46. The summed E-state index contributed by atoms with van der Waals surface area (Å²) in [5.41, 5.74) is 1.84. The van der Waals surface area contributed by atoms with Crippen molar-refractivity contribution in [2.24, 2.45) is 0 Å². The first-order valence-electron chi connectivity index (χ1n) is 3.98. The van der Waals surface area contributed by atoms with Gasteiger partial charge in [0.15, 0.2) is 0 Å². The summed E-state index contributed by atoms with van der Waals surface area (Å²) in [5, 5.41) is 0. The fraction of sp³-hybridized carbons (Fsp3) is 0.333. The van der Waals surface area contributed by atoms with Crippen molar-refractivity contribution >= 4 is 10.0 Å². The Morgan fingerprint density at radius 1 is 1.23 bits per heavy atom. The zero-order chi connectivity index (χ0) is 10.1. The molecule has 0 aliphatic rings. The zero-order valence-corrected chi connectivity index (χ0v) is 8.77. The molecule has 0 aliphatic carbocycles. The minimum Gasteiger partial charge on any atom is -0.214 e. The quantitative estimate of drug-likeness (QED) is 0.778. The number of aryl methyl sites for hydroxylation is 2. The first-order chi connectivity index (χ1) is 5.97. The van der Waals surface area contributed by atoms with E-state index in [0.29, 0.717) is 4.90 Å². The summed E-state index contributed by atoms with van der Waals surface area (Å²) in [5.74, 6) is 0. The smallest absolute Gasteiger partial charge is 0.214 e. The van der Waals surface area contributed by atoms with Crippen LogP contribution < -0.4 is 4.72 Å². The van der Waals surface area contributed by atoms with Crippen LogP contribution in [-0.4, -0.2) is 15.5 Å². The van der Waals surface area contributed by atoms with E-state index in [2.05, 4.69) is 4.72 Å². The van der Waals surface area contributed by atoms with Crippen LogP contribution in [0.1, 0.15) is 11.1 Å². The molecular weight excluding hydrogens is 186 g/mol. The van der Waals surface area contributed by atoms with Crippen molar-refractivity contribution in [3.63, 3.8) is 0 Å². The molecular formula is C9H13NO2S. The molecule has 0 aromatic heterocycles. The van der Waals surface area contributed by atoms with Crippen LogP contribution in [0.2, 0.25) is 0 Å². The van der Waals surface area contributed by atoms with Crippen LogP contribution in [-0.2, 0) is 10.0 Å². The molecule has 1 N–H and O–H groups in total. The molecule has 72 valence electrons. The van der Waals surface area contributed by atoms with Gasteiger partial charge in [0.2, 0.25) is 10.0 Å². The maximum absolute atomic E-state index is 11.4. The number of sulfonamides is 1. The first kappa shape index (κ1) is 10.2. The van der Waals surface area contributed by atoms with Gasteiger partial charge in [-0.15, -0.1) is 0 Å². The van der Waals surface area contributed by atoms with Crippen molar-refractivity contribution in [3.05, 3.63) is 29.3 Å². The van der Waals surface area contributed by atoms with Crippen molar-refractivity contribution in [1.82, 2.24) is 4.72 Å². The second-order valence-corrected chi connectivity index (χ2v) is 4.83. The van der Waals surface area contributed by atoms with Crippen LogP contribution in [0.25, 0.3) is 0 Å².